The van der Waals surface area contributed by atoms with Gasteiger partial charge < -0.3 is 96.3 Å². The SMILES string of the molecule is CB(O)[C@H](CC(C)C)NC(=O)CCC(=O)[C@@H]1CCN1c1ccc(F)cc1.CC(C)C[C@H](NC(=O)CCC(=O)[C@@H]1CCN1c1ccc(F)cc1F)B(O)O.CC(C)C[C@H](NC(=O)CCC(=O)[C@@H]1CCN1c1nc(C(F)(F)F)cs1)B(O)O.CC(C)C[C@H](NC(=O)CCC(=O)[C@@H]1CCN1c1ncc(F)cc1F)B(O)O.[C-]#[N+]c1ccc(N2CC[C@H]2C(=O)CCC(=O)N[C@@H](CC(C)C)B(O)O)c(F)c1. The zero-order valence-corrected chi connectivity index (χ0v) is 79.0. The first kappa shape index (κ1) is 115. The summed E-state index contributed by atoms with van der Waals surface area (Å²) < 4.78 is 119. The van der Waals surface area contributed by atoms with Gasteiger partial charge in [-0.2, -0.15) is 13.2 Å². The molecule has 0 unspecified atom stereocenters. The number of rotatable bonds is 45. The summed E-state index contributed by atoms with van der Waals surface area (Å²) in [6.07, 6.45) is 1.21. The fourth-order valence-corrected chi connectivity index (χ4v) is 16.5. The maximum Gasteiger partial charge on any atom is 0.475 e. The summed E-state index contributed by atoms with van der Waals surface area (Å²) >= 11 is 0.831. The van der Waals surface area contributed by atoms with Crippen LogP contribution in [0.2, 0.25) is 6.82 Å². The molecule has 3 aromatic carbocycles. The normalized spacial score (nSPS) is 17.5. The number of amides is 5. The number of halogens is 9. The van der Waals surface area contributed by atoms with E-state index in [0.717, 1.165) is 59.8 Å². The molecule has 0 saturated carbocycles. The number of alkyl halides is 3. The quantitative estimate of drug-likeness (QED) is 0.00991. The number of hydrogen-bond acceptors (Lipinski definition) is 27. The lowest BCUT2D eigenvalue weighted by molar-refractivity contribution is -0.140. The predicted octanol–water partition coefficient (Wildman–Crippen LogP) is 8.18. The summed E-state index contributed by atoms with van der Waals surface area (Å²) in [5.74, 6) is -9.34. The van der Waals surface area contributed by atoms with Crippen LogP contribution in [0.1, 0.15) is 203 Å². The van der Waals surface area contributed by atoms with Crippen molar-refractivity contribution in [2.75, 3.05) is 57.2 Å². The van der Waals surface area contributed by atoms with Crippen LogP contribution in [0.4, 0.5) is 73.2 Å². The third kappa shape index (κ3) is 36.7. The van der Waals surface area contributed by atoms with Crippen molar-refractivity contribution in [3.05, 3.63) is 130 Å². The first-order valence-corrected chi connectivity index (χ1v) is 46.5. The number of Topliss-reactive ketones (excluding diaryl/α,β-unsaturated/α-hetero) is 5. The second-order valence-electron chi connectivity index (χ2n) is 36.5. The summed E-state index contributed by atoms with van der Waals surface area (Å²) in [6, 6.07) is 11.7. The maximum atomic E-state index is 14.2. The highest BCUT2D eigenvalue weighted by Gasteiger charge is 2.43. The highest BCUT2D eigenvalue weighted by Crippen LogP contribution is 2.39. The Bertz CT molecular complexity index is 4710. The van der Waals surface area contributed by atoms with Gasteiger partial charge >= 0.3 is 41.6 Å². The molecule has 10 atom stereocenters. The van der Waals surface area contributed by atoms with E-state index in [9.17, 15) is 133 Å². The van der Waals surface area contributed by atoms with E-state index in [-0.39, 0.29) is 169 Å². The molecule has 0 aliphatic carbocycles. The molecule has 47 heteroatoms. The molecule has 136 heavy (non-hydrogen) atoms. The third-order valence-corrected chi connectivity index (χ3v) is 24.0. The fraction of sp³-hybridized carbons (Fsp3) is 0.584. The Morgan fingerprint density at radius 3 is 1.01 bits per heavy atom. The van der Waals surface area contributed by atoms with E-state index >= 15 is 0 Å². The van der Waals surface area contributed by atoms with Crippen molar-refractivity contribution >= 4 is 139 Å². The Labute approximate surface area is 792 Å². The van der Waals surface area contributed by atoms with Crippen LogP contribution in [-0.2, 0) is 54.1 Å². The number of benzene rings is 3. The van der Waals surface area contributed by atoms with Crippen LogP contribution in [0.3, 0.4) is 0 Å². The summed E-state index contributed by atoms with van der Waals surface area (Å²) in [4.78, 5) is 141. The molecule has 5 aliphatic heterocycles. The average molecular weight is 1940 g/mol. The largest absolute Gasteiger partial charge is 0.475 e. The zero-order valence-electron chi connectivity index (χ0n) is 78.2. The number of nitrogens with zero attached hydrogens (tertiary/aromatic N) is 8. The van der Waals surface area contributed by atoms with Gasteiger partial charge in [-0.25, -0.2) is 41.2 Å². The van der Waals surface area contributed by atoms with Gasteiger partial charge in [0.1, 0.15) is 29.1 Å². The first-order valence-electron chi connectivity index (χ1n) is 45.6. The van der Waals surface area contributed by atoms with E-state index in [1.54, 1.807) is 28.8 Å². The molecule has 7 heterocycles. The van der Waals surface area contributed by atoms with Gasteiger partial charge in [0.25, 0.3) is 0 Å². The van der Waals surface area contributed by atoms with Gasteiger partial charge in [0.15, 0.2) is 57.1 Å². The Morgan fingerprint density at radius 2 is 0.721 bits per heavy atom. The van der Waals surface area contributed by atoms with Gasteiger partial charge in [-0.15, -0.1) is 11.3 Å². The molecule has 5 aromatic rings. The van der Waals surface area contributed by atoms with Crippen LogP contribution in [0, 0.1) is 71.1 Å². The molecular formula is C89H125B5F9N13O19S. The highest BCUT2D eigenvalue weighted by atomic mass is 32.1. The van der Waals surface area contributed by atoms with Crippen molar-refractivity contribution < 1.29 is 133 Å². The molecule has 14 N–H and O–H groups in total. The predicted molar refractivity (Wildman–Crippen MR) is 498 cm³/mol. The number of carbonyl (C=O) groups is 10. The van der Waals surface area contributed by atoms with Crippen LogP contribution >= 0.6 is 11.3 Å². The van der Waals surface area contributed by atoms with Crippen molar-refractivity contribution in [1.82, 2.24) is 36.6 Å². The number of anilines is 5. The minimum atomic E-state index is -4.53. The Hall–Kier alpha value is -10.0. The Balaban J connectivity index is 0.000000261. The van der Waals surface area contributed by atoms with Crippen molar-refractivity contribution in [1.29, 1.82) is 0 Å². The van der Waals surface area contributed by atoms with E-state index in [4.69, 9.17) is 6.57 Å². The van der Waals surface area contributed by atoms with Crippen LogP contribution in [0.15, 0.2) is 78.3 Å². The van der Waals surface area contributed by atoms with Crippen molar-refractivity contribution in [3.63, 3.8) is 0 Å². The monoisotopic (exact) mass is 1940 g/mol. The van der Waals surface area contributed by atoms with E-state index in [1.165, 1.54) is 40.1 Å². The standard InChI is InChI=1S/C19H25BFN3O4.C19H28BFN2O3.C18H25BF2N2O4.C17H24BF2N3O4.C16H23BF3N3O4S/c1-12(2)10-18(20(27)28)23-19(26)7-6-17(25)16-8-9-24(16)15-5-4-13(22-3)11-14(15)21;1-13(2)12-18(20(3)26)22-19(25)9-8-17(24)16-10-11-23(16)15-6-4-14(21)5-7-15;1-11(2)9-17(19(26)27)22-18(25)6-5-16(24)15-7-8-23(15)14-4-3-12(20)10-13(14)21;1-10(2)7-15(18(26)27)22-16(25)4-3-14(24)13-5-6-23(13)17-12(20)8-11(19)9-21-17;1-9(2)7-13(17(26)27)22-14(25)4-3-11(24)10-5-6-23(10)15-21-12(8-28-15)16(18,19)20/h4-5,11-12,16,18,27-28H,6-10H2,1-2H3,(H,23,26);4-7,13,16,18,26H,8-12H2,1-3H3,(H,22,25);3-4,10-11,15,17,26-27H,5-9H2,1-2H3,(H,22,25);8-10,13,15,26-27H,3-7H2,1-2H3,(H,22,25);8-10,13,26-27H,3-7H2,1-2H3,(H,22,25)/t2*16-,18-;15-,17-;13-,15-;10-,13-/m00000/s1. The second kappa shape index (κ2) is 54.9. The van der Waals surface area contributed by atoms with E-state index < -0.39 is 148 Å². The lowest BCUT2D eigenvalue weighted by atomic mass is 9.61. The molecule has 0 radical (unpaired) electrons. The van der Waals surface area contributed by atoms with Crippen LogP contribution in [-0.4, -0.2) is 242 Å². The molecule has 0 bridgehead atoms. The smallest absolute Gasteiger partial charge is 0.449 e. The number of hydrogen-bond donors (Lipinski definition) is 14. The number of thiazole rings is 1. The summed E-state index contributed by atoms with van der Waals surface area (Å²) in [5.41, 5.74) is 0.492. The maximum absolute atomic E-state index is 14.2. The van der Waals surface area contributed by atoms with Gasteiger partial charge in [0, 0.05) is 126 Å². The lowest BCUT2D eigenvalue weighted by Gasteiger charge is -2.42. The number of carbonyl (C=O) groups excluding carboxylic acids is 10. The second-order valence-corrected chi connectivity index (χ2v) is 37.4. The number of aromatic nitrogens is 2. The van der Waals surface area contributed by atoms with Gasteiger partial charge in [-0.3, -0.25) is 47.9 Å². The van der Waals surface area contributed by atoms with E-state index in [2.05, 4.69) is 41.4 Å². The minimum absolute atomic E-state index is 0.00925. The summed E-state index contributed by atoms with van der Waals surface area (Å²) in [6.45, 7) is 29.8. The summed E-state index contributed by atoms with van der Waals surface area (Å²) in [7, 11) is -6.71. The van der Waals surface area contributed by atoms with Gasteiger partial charge in [0.05, 0.1) is 78.1 Å². The first-order chi connectivity index (χ1) is 63.9. The molecule has 32 nitrogen and oxygen atoms in total. The van der Waals surface area contributed by atoms with Crippen molar-refractivity contribution in [2.45, 2.75) is 271 Å². The molecular weight excluding hydrogens is 1810 g/mol. The van der Waals surface area contributed by atoms with Crippen molar-refractivity contribution in [2.24, 2.45) is 29.6 Å². The van der Waals surface area contributed by atoms with Crippen LogP contribution < -0.4 is 51.1 Å². The minimum Gasteiger partial charge on any atom is -0.449 e. The molecule has 5 fully saturated rings. The molecule has 0 spiro atoms. The molecule has 2 aromatic heterocycles. The van der Waals surface area contributed by atoms with E-state index in [0.29, 0.717) is 96.0 Å². The molecule has 744 valence electrons. The van der Waals surface area contributed by atoms with E-state index in [1.807, 2.05) is 74.1 Å². The fourth-order valence-electron chi connectivity index (χ4n) is 15.6. The average Bonchev–Trinajstić information content (AvgIpc) is 1.19. The topological polar surface area (TPSA) is 459 Å². The van der Waals surface area contributed by atoms with Crippen LogP contribution in [0.5, 0.6) is 0 Å². The third-order valence-electron chi connectivity index (χ3n) is 23.2. The van der Waals surface area contributed by atoms with Crippen molar-refractivity contribution in [3.8, 4) is 0 Å². The zero-order chi connectivity index (χ0) is 101. The lowest BCUT2D eigenvalue weighted by Crippen LogP contribution is -2.53. The number of ketones is 5. The number of pyridine rings is 1. The Kier molecular flexibility index (Phi) is 46.3. The molecule has 5 aliphatic rings. The van der Waals surface area contributed by atoms with Gasteiger partial charge in [-0.05, 0) is 142 Å². The molecule has 5 saturated heterocycles. The van der Waals surface area contributed by atoms with Gasteiger partial charge in [-0.1, -0.05) is 82.1 Å². The van der Waals surface area contributed by atoms with Gasteiger partial charge in [0.2, 0.25) is 29.5 Å². The molecule has 5 amide bonds. The highest BCUT2D eigenvalue weighted by molar-refractivity contribution is 7.13. The molecule has 10 rings (SSSR count). The summed E-state index contributed by atoms with van der Waals surface area (Å²) in [5, 5.41) is 98.5. The Morgan fingerprint density at radius 1 is 0.412 bits per heavy atom. The number of nitrogens with one attached hydrogen (secondary N) is 5. The van der Waals surface area contributed by atoms with Crippen LogP contribution in [0.25, 0.3) is 4.85 Å².